The SMILES string of the molecule is N#Cc1ccccc1-c1ccc2c(c1)c1cc(C3C=CC=CC3C#N)ccc1n2-c1ccc(-c2cccnc2)cc1-c1nc(-c2ccccc2)nc(-c2ccccc2)n1. The Hall–Kier alpha value is -8.26. The van der Waals surface area contributed by atoms with E-state index in [4.69, 9.17) is 15.0 Å². The molecular formula is C52H33N7. The van der Waals surface area contributed by atoms with Gasteiger partial charge in [0.25, 0.3) is 0 Å². The normalized spacial score (nSPS) is 14.6. The van der Waals surface area contributed by atoms with Gasteiger partial charge in [-0.3, -0.25) is 4.98 Å². The molecule has 0 saturated carbocycles. The number of fused-ring (bicyclic) bond motifs is 3. The van der Waals surface area contributed by atoms with Gasteiger partial charge in [-0.05, 0) is 70.8 Å². The van der Waals surface area contributed by atoms with Gasteiger partial charge in [-0.25, -0.2) is 15.0 Å². The van der Waals surface area contributed by atoms with Crippen molar-refractivity contribution in [1.82, 2.24) is 24.5 Å². The van der Waals surface area contributed by atoms with Crippen molar-refractivity contribution in [2.75, 3.05) is 0 Å². The van der Waals surface area contributed by atoms with E-state index in [0.29, 0.717) is 23.0 Å². The number of hydrogen-bond donors (Lipinski definition) is 0. The molecule has 3 aromatic heterocycles. The molecule has 7 nitrogen and oxygen atoms in total. The van der Waals surface area contributed by atoms with E-state index in [1.165, 1.54) is 0 Å². The number of benzene rings is 6. The Morgan fingerprint density at radius 3 is 1.86 bits per heavy atom. The van der Waals surface area contributed by atoms with E-state index in [0.717, 1.165) is 72.0 Å². The monoisotopic (exact) mass is 755 g/mol. The molecule has 0 amide bonds. The number of aromatic nitrogens is 5. The molecule has 1 aliphatic carbocycles. The first-order valence-electron chi connectivity index (χ1n) is 19.4. The molecule has 0 spiro atoms. The summed E-state index contributed by atoms with van der Waals surface area (Å²) in [6.45, 7) is 0. The van der Waals surface area contributed by atoms with E-state index in [9.17, 15) is 10.5 Å². The Kier molecular flexibility index (Phi) is 8.95. The minimum Gasteiger partial charge on any atom is -0.309 e. The van der Waals surface area contributed by atoms with Crippen molar-refractivity contribution in [2.24, 2.45) is 5.92 Å². The first-order chi connectivity index (χ1) is 29.2. The van der Waals surface area contributed by atoms with Crippen molar-refractivity contribution in [2.45, 2.75) is 5.92 Å². The Labute approximate surface area is 341 Å². The van der Waals surface area contributed by atoms with Crippen LogP contribution < -0.4 is 0 Å². The maximum Gasteiger partial charge on any atom is 0.166 e. The van der Waals surface area contributed by atoms with Gasteiger partial charge in [0, 0.05) is 51.3 Å². The predicted molar refractivity (Wildman–Crippen MR) is 234 cm³/mol. The lowest BCUT2D eigenvalue weighted by molar-refractivity contribution is 0.713. The van der Waals surface area contributed by atoms with Crippen LogP contribution in [-0.4, -0.2) is 24.5 Å². The second kappa shape index (κ2) is 15.0. The van der Waals surface area contributed by atoms with Gasteiger partial charge in [-0.1, -0.05) is 127 Å². The molecule has 0 aliphatic heterocycles. The lowest BCUT2D eigenvalue weighted by Gasteiger charge is -2.19. The minimum atomic E-state index is -0.281. The van der Waals surface area contributed by atoms with Crippen molar-refractivity contribution in [3.63, 3.8) is 0 Å². The zero-order valence-electron chi connectivity index (χ0n) is 31.7. The second-order valence-corrected chi connectivity index (χ2v) is 14.5. The summed E-state index contributed by atoms with van der Waals surface area (Å²) in [6.07, 6.45) is 11.7. The Morgan fingerprint density at radius 2 is 1.15 bits per heavy atom. The summed E-state index contributed by atoms with van der Waals surface area (Å²) in [7, 11) is 0. The van der Waals surface area contributed by atoms with Gasteiger partial charge in [-0.15, -0.1) is 0 Å². The highest BCUT2D eigenvalue weighted by atomic mass is 15.1. The minimum absolute atomic E-state index is 0.0948. The quantitative estimate of drug-likeness (QED) is 0.160. The Morgan fingerprint density at radius 1 is 0.508 bits per heavy atom. The van der Waals surface area contributed by atoms with Crippen LogP contribution in [0.3, 0.4) is 0 Å². The molecule has 2 unspecified atom stereocenters. The highest BCUT2D eigenvalue weighted by Crippen LogP contribution is 2.42. The van der Waals surface area contributed by atoms with Gasteiger partial charge in [0.15, 0.2) is 17.5 Å². The number of allylic oxidation sites excluding steroid dienone is 4. The molecule has 0 radical (unpaired) electrons. The maximum absolute atomic E-state index is 10.1. The van der Waals surface area contributed by atoms with Crippen molar-refractivity contribution >= 4 is 21.8 Å². The van der Waals surface area contributed by atoms with Crippen molar-refractivity contribution in [1.29, 1.82) is 10.5 Å². The maximum atomic E-state index is 10.1. The molecule has 10 rings (SSSR count). The first-order valence-corrected chi connectivity index (χ1v) is 19.4. The third-order valence-corrected chi connectivity index (χ3v) is 11.0. The third kappa shape index (κ3) is 6.43. The lowest BCUT2D eigenvalue weighted by atomic mass is 9.83. The Bertz CT molecular complexity index is 3130. The number of pyridine rings is 1. The summed E-state index contributed by atoms with van der Waals surface area (Å²) in [5.41, 5.74) is 10.8. The molecule has 3 heterocycles. The summed E-state index contributed by atoms with van der Waals surface area (Å²) in [4.78, 5) is 19.8. The highest BCUT2D eigenvalue weighted by Gasteiger charge is 2.24. The molecule has 0 N–H and O–H groups in total. The topological polar surface area (TPSA) is 104 Å². The molecule has 9 aromatic rings. The van der Waals surface area contributed by atoms with Gasteiger partial charge in [-0.2, -0.15) is 10.5 Å². The van der Waals surface area contributed by atoms with Crippen LogP contribution in [0.4, 0.5) is 0 Å². The number of nitriles is 2. The highest BCUT2D eigenvalue weighted by molar-refractivity contribution is 6.11. The molecule has 0 saturated heterocycles. The standard InChI is InChI=1S/C52H33N7/c53-31-39-16-7-9-19-42(39)37-22-25-47-44(29-37)45-30-38(43-20-10-8-17-40(43)32-54)23-26-48(45)59(47)49-24-21-36(41-18-11-27-55-33-41)28-46(49)52-57-50(34-12-3-1-4-13-34)56-51(58-52)35-14-5-2-6-15-35/h1-30,33,39,42H. The van der Waals surface area contributed by atoms with Crippen LogP contribution >= 0.6 is 0 Å². The van der Waals surface area contributed by atoms with E-state index in [1.807, 2.05) is 115 Å². The van der Waals surface area contributed by atoms with Crippen LogP contribution in [0, 0.1) is 28.6 Å². The van der Waals surface area contributed by atoms with E-state index < -0.39 is 0 Å². The van der Waals surface area contributed by atoms with Crippen molar-refractivity contribution < 1.29 is 0 Å². The summed E-state index contributed by atoms with van der Waals surface area (Å²) in [5.74, 6) is 1.29. The van der Waals surface area contributed by atoms with Crippen LogP contribution in [0.2, 0.25) is 0 Å². The fourth-order valence-corrected chi connectivity index (χ4v) is 8.11. The zero-order chi connectivity index (χ0) is 39.7. The largest absolute Gasteiger partial charge is 0.309 e. The van der Waals surface area contributed by atoms with Crippen molar-refractivity contribution in [3.8, 4) is 74.2 Å². The molecule has 0 bridgehead atoms. The molecule has 276 valence electrons. The molecule has 1 aliphatic rings. The van der Waals surface area contributed by atoms with Gasteiger partial charge < -0.3 is 4.57 Å². The average Bonchev–Trinajstić information content (AvgIpc) is 3.64. The van der Waals surface area contributed by atoms with Crippen molar-refractivity contribution in [3.05, 3.63) is 199 Å². The average molecular weight is 756 g/mol. The number of rotatable bonds is 7. The lowest BCUT2D eigenvalue weighted by Crippen LogP contribution is -2.09. The van der Waals surface area contributed by atoms with Crippen LogP contribution in [0.15, 0.2) is 188 Å². The van der Waals surface area contributed by atoms with Crippen LogP contribution in [-0.2, 0) is 0 Å². The molecule has 0 fully saturated rings. The summed E-state index contributed by atoms with van der Waals surface area (Å²) < 4.78 is 2.28. The van der Waals surface area contributed by atoms with Crippen LogP contribution in [0.25, 0.3) is 83.9 Å². The number of hydrogen-bond acceptors (Lipinski definition) is 6. The summed E-state index contributed by atoms with van der Waals surface area (Å²) in [6, 6.07) is 55.9. The summed E-state index contributed by atoms with van der Waals surface area (Å²) in [5, 5.41) is 22.2. The Balaban J connectivity index is 1.27. The van der Waals surface area contributed by atoms with E-state index in [-0.39, 0.29) is 11.8 Å². The molecule has 6 aromatic carbocycles. The number of nitrogens with zero attached hydrogens (tertiary/aromatic N) is 7. The van der Waals surface area contributed by atoms with E-state index in [2.05, 4.69) is 88.4 Å². The molecule has 7 heteroatoms. The van der Waals surface area contributed by atoms with Gasteiger partial charge in [0.2, 0.25) is 0 Å². The predicted octanol–water partition coefficient (Wildman–Crippen LogP) is 11.9. The van der Waals surface area contributed by atoms with E-state index in [1.54, 1.807) is 6.20 Å². The molecular weight excluding hydrogens is 723 g/mol. The fourth-order valence-electron chi connectivity index (χ4n) is 8.11. The van der Waals surface area contributed by atoms with Crippen LogP contribution in [0.1, 0.15) is 17.0 Å². The van der Waals surface area contributed by atoms with Gasteiger partial charge in [0.05, 0.1) is 40.3 Å². The molecule has 2 atom stereocenters. The van der Waals surface area contributed by atoms with Gasteiger partial charge >= 0.3 is 0 Å². The fraction of sp³-hybridized carbons (Fsp3) is 0.0385. The first kappa shape index (κ1) is 35.2. The van der Waals surface area contributed by atoms with Gasteiger partial charge in [0.1, 0.15) is 0 Å². The smallest absolute Gasteiger partial charge is 0.166 e. The van der Waals surface area contributed by atoms with E-state index >= 15 is 0 Å². The zero-order valence-corrected chi connectivity index (χ0v) is 31.7. The second-order valence-electron chi connectivity index (χ2n) is 14.5. The molecule has 59 heavy (non-hydrogen) atoms. The summed E-state index contributed by atoms with van der Waals surface area (Å²) >= 11 is 0. The third-order valence-electron chi connectivity index (χ3n) is 11.0. The van der Waals surface area contributed by atoms with Crippen LogP contribution in [0.5, 0.6) is 0 Å².